The van der Waals surface area contributed by atoms with Gasteiger partial charge in [0.15, 0.2) is 11.5 Å². The Bertz CT molecular complexity index is 474. The van der Waals surface area contributed by atoms with Crippen LogP contribution in [-0.2, 0) is 11.3 Å². The van der Waals surface area contributed by atoms with Crippen molar-refractivity contribution in [2.75, 3.05) is 19.9 Å². The summed E-state index contributed by atoms with van der Waals surface area (Å²) in [4.78, 5) is 13.9. The summed E-state index contributed by atoms with van der Waals surface area (Å²) in [6.07, 6.45) is 0. The van der Waals surface area contributed by atoms with E-state index in [0.717, 1.165) is 30.2 Å². The van der Waals surface area contributed by atoms with E-state index in [-0.39, 0.29) is 18.7 Å². The number of nitrogens with zero attached hydrogens (tertiary/aromatic N) is 1. The van der Waals surface area contributed by atoms with E-state index in [9.17, 15) is 4.79 Å². The molecule has 5 nitrogen and oxygen atoms in total. The molecule has 20 heavy (non-hydrogen) atoms. The van der Waals surface area contributed by atoms with Crippen LogP contribution in [0.15, 0.2) is 18.2 Å². The number of nitrogens with one attached hydrogen (secondary N) is 1. The van der Waals surface area contributed by atoms with Gasteiger partial charge in [-0.25, -0.2) is 0 Å². The molecule has 1 aromatic rings. The molecular weight excluding hydrogens is 256 g/mol. The number of rotatable bonds is 6. The number of hydrogen-bond donors (Lipinski definition) is 1. The van der Waals surface area contributed by atoms with Crippen LogP contribution in [0.2, 0.25) is 0 Å². The lowest BCUT2D eigenvalue weighted by atomic mass is 10.2. The molecule has 1 heterocycles. The van der Waals surface area contributed by atoms with Gasteiger partial charge in [0.25, 0.3) is 0 Å². The first-order valence-electron chi connectivity index (χ1n) is 6.98. The molecule has 1 aromatic carbocycles. The first-order chi connectivity index (χ1) is 9.58. The van der Waals surface area contributed by atoms with Gasteiger partial charge < -0.3 is 14.8 Å². The maximum atomic E-state index is 11.8. The van der Waals surface area contributed by atoms with Crippen molar-refractivity contribution in [2.24, 2.45) is 0 Å². The quantitative estimate of drug-likeness (QED) is 0.861. The van der Waals surface area contributed by atoms with Crippen molar-refractivity contribution in [1.29, 1.82) is 0 Å². The first kappa shape index (κ1) is 14.7. The van der Waals surface area contributed by atoms with Gasteiger partial charge in [-0.2, -0.15) is 0 Å². The minimum atomic E-state index is 0.0580. The zero-order valence-corrected chi connectivity index (χ0v) is 12.3. The van der Waals surface area contributed by atoms with E-state index >= 15 is 0 Å². The van der Waals surface area contributed by atoms with Crippen molar-refractivity contribution in [3.05, 3.63) is 23.8 Å². The summed E-state index contributed by atoms with van der Waals surface area (Å²) in [6, 6.07) is 6.08. The Kier molecular flexibility index (Phi) is 4.84. The molecule has 110 valence electrons. The van der Waals surface area contributed by atoms with Crippen molar-refractivity contribution >= 4 is 5.91 Å². The summed E-state index contributed by atoms with van der Waals surface area (Å²) in [5, 5.41) is 2.91. The summed E-state index contributed by atoms with van der Waals surface area (Å²) in [6.45, 7) is 8.21. The van der Waals surface area contributed by atoms with E-state index in [0.29, 0.717) is 6.54 Å². The predicted molar refractivity (Wildman–Crippen MR) is 76.8 cm³/mol. The molecule has 0 radical (unpaired) electrons. The fourth-order valence-electron chi connectivity index (χ4n) is 2.15. The highest BCUT2D eigenvalue weighted by Crippen LogP contribution is 2.32. The average Bonchev–Trinajstić information content (AvgIpc) is 2.84. The molecule has 1 aliphatic heterocycles. The van der Waals surface area contributed by atoms with Gasteiger partial charge in [-0.1, -0.05) is 13.0 Å². The number of amides is 1. The molecule has 2 rings (SSSR count). The van der Waals surface area contributed by atoms with E-state index in [1.165, 1.54) is 0 Å². The monoisotopic (exact) mass is 278 g/mol. The van der Waals surface area contributed by atoms with Crippen LogP contribution in [0.5, 0.6) is 11.5 Å². The molecule has 0 saturated carbocycles. The second kappa shape index (κ2) is 6.61. The SMILES string of the molecule is CCN(CC(=O)NC(C)C)Cc1ccc2c(c1)OCO2. The first-order valence-corrected chi connectivity index (χ1v) is 6.98. The van der Waals surface area contributed by atoms with E-state index in [1.54, 1.807) is 0 Å². The van der Waals surface area contributed by atoms with E-state index < -0.39 is 0 Å². The lowest BCUT2D eigenvalue weighted by Crippen LogP contribution is -2.39. The highest BCUT2D eigenvalue weighted by Gasteiger charge is 2.15. The molecule has 0 bridgehead atoms. The van der Waals surface area contributed by atoms with Crippen LogP contribution in [-0.4, -0.2) is 36.7 Å². The normalized spacial score (nSPS) is 13.1. The maximum Gasteiger partial charge on any atom is 0.234 e. The third-order valence-corrected chi connectivity index (χ3v) is 3.11. The largest absolute Gasteiger partial charge is 0.454 e. The summed E-state index contributed by atoms with van der Waals surface area (Å²) in [7, 11) is 0. The van der Waals surface area contributed by atoms with Crippen molar-refractivity contribution in [3.63, 3.8) is 0 Å². The smallest absolute Gasteiger partial charge is 0.234 e. The Labute approximate surface area is 119 Å². The van der Waals surface area contributed by atoms with Gasteiger partial charge in [0.05, 0.1) is 6.54 Å². The van der Waals surface area contributed by atoms with E-state index in [4.69, 9.17) is 9.47 Å². The molecule has 1 N–H and O–H groups in total. The molecule has 0 fully saturated rings. The molecule has 0 aliphatic carbocycles. The second-order valence-electron chi connectivity index (χ2n) is 5.21. The van der Waals surface area contributed by atoms with Gasteiger partial charge in [-0.15, -0.1) is 0 Å². The number of benzene rings is 1. The van der Waals surface area contributed by atoms with Gasteiger partial charge in [0, 0.05) is 12.6 Å². The van der Waals surface area contributed by atoms with Crippen molar-refractivity contribution in [1.82, 2.24) is 10.2 Å². The van der Waals surface area contributed by atoms with Crippen LogP contribution in [0.4, 0.5) is 0 Å². The summed E-state index contributed by atoms with van der Waals surface area (Å²) < 4.78 is 10.7. The third kappa shape index (κ3) is 3.87. The number of ether oxygens (including phenoxy) is 2. The molecule has 1 aliphatic rings. The standard InChI is InChI=1S/C15H22N2O3/c1-4-17(9-15(18)16-11(2)3)8-12-5-6-13-14(7-12)20-10-19-13/h5-7,11H,4,8-10H2,1-3H3,(H,16,18). The van der Waals surface area contributed by atoms with Crippen molar-refractivity contribution in [3.8, 4) is 11.5 Å². The molecule has 0 atom stereocenters. The van der Waals surface area contributed by atoms with Crippen LogP contribution in [0.25, 0.3) is 0 Å². The Morgan fingerprint density at radius 3 is 2.80 bits per heavy atom. The average molecular weight is 278 g/mol. The summed E-state index contributed by atoms with van der Waals surface area (Å²) >= 11 is 0. The Morgan fingerprint density at radius 1 is 1.35 bits per heavy atom. The fraction of sp³-hybridized carbons (Fsp3) is 0.533. The molecule has 0 spiro atoms. The topological polar surface area (TPSA) is 50.8 Å². The highest BCUT2D eigenvalue weighted by atomic mass is 16.7. The highest BCUT2D eigenvalue weighted by molar-refractivity contribution is 5.78. The number of carbonyl (C=O) groups excluding carboxylic acids is 1. The van der Waals surface area contributed by atoms with Crippen LogP contribution >= 0.6 is 0 Å². The lowest BCUT2D eigenvalue weighted by molar-refractivity contribution is -0.122. The summed E-state index contributed by atoms with van der Waals surface area (Å²) in [5.74, 6) is 1.63. The van der Waals surface area contributed by atoms with Gasteiger partial charge >= 0.3 is 0 Å². The van der Waals surface area contributed by atoms with Gasteiger partial charge in [0.2, 0.25) is 12.7 Å². The Balaban J connectivity index is 1.94. The number of likely N-dealkylation sites (N-methyl/N-ethyl adjacent to an activating group) is 1. The molecule has 0 aromatic heterocycles. The Hall–Kier alpha value is -1.75. The van der Waals surface area contributed by atoms with Gasteiger partial charge in [-0.3, -0.25) is 9.69 Å². The lowest BCUT2D eigenvalue weighted by Gasteiger charge is -2.20. The third-order valence-electron chi connectivity index (χ3n) is 3.11. The van der Waals surface area contributed by atoms with E-state index in [2.05, 4.69) is 17.1 Å². The number of hydrogen-bond acceptors (Lipinski definition) is 4. The van der Waals surface area contributed by atoms with Gasteiger partial charge in [0.1, 0.15) is 0 Å². The predicted octanol–water partition coefficient (Wildman–Crippen LogP) is 1.76. The van der Waals surface area contributed by atoms with E-state index in [1.807, 2.05) is 32.0 Å². The number of fused-ring (bicyclic) bond motifs is 1. The van der Waals surface area contributed by atoms with Crippen LogP contribution in [0.3, 0.4) is 0 Å². The zero-order chi connectivity index (χ0) is 14.5. The second-order valence-corrected chi connectivity index (χ2v) is 5.21. The summed E-state index contributed by atoms with van der Waals surface area (Å²) in [5.41, 5.74) is 1.12. The number of carbonyl (C=O) groups is 1. The molecule has 0 unspecified atom stereocenters. The molecular formula is C15H22N2O3. The molecule has 1 amide bonds. The van der Waals surface area contributed by atoms with Crippen LogP contribution < -0.4 is 14.8 Å². The van der Waals surface area contributed by atoms with Crippen molar-refractivity contribution < 1.29 is 14.3 Å². The van der Waals surface area contributed by atoms with Crippen molar-refractivity contribution in [2.45, 2.75) is 33.4 Å². The molecule has 5 heteroatoms. The zero-order valence-electron chi connectivity index (χ0n) is 12.3. The van der Waals surface area contributed by atoms with Crippen LogP contribution in [0.1, 0.15) is 26.3 Å². The minimum absolute atomic E-state index is 0.0580. The van der Waals surface area contributed by atoms with Crippen LogP contribution in [0, 0.1) is 0 Å². The minimum Gasteiger partial charge on any atom is -0.454 e. The fourth-order valence-corrected chi connectivity index (χ4v) is 2.15. The Morgan fingerprint density at radius 2 is 2.10 bits per heavy atom. The molecule has 0 saturated heterocycles. The van der Waals surface area contributed by atoms with Gasteiger partial charge in [-0.05, 0) is 38.1 Å². The maximum absolute atomic E-state index is 11.8.